The van der Waals surface area contributed by atoms with Crippen molar-refractivity contribution in [3.63, 3.8) is 0 Å². The van der Waals surface area contributed by atoms with E-state index in [1.807, 2.05) is 6.92 Å². The van der Waals surface area contributed by atoms with E-state index in [0.29, 0.717) is 5.02 Å². The normalized spacial score (nSPS) is 9.56. The van der Waals surface area contributed by atoms with Gasteiger partial charge >= 0.3 is 0 Å². The number of halogens is 1. The van der Waals surface area contributed by atoms with E-state index < -0.39 is 0 Å². The molecule has 0 aliphatic carbocycles. The maximum atomic E-state index is 10.6. The van der Waals surface area contributed by atoms with E-state index in [1.54, 1.807) is 6.07 Å². The van der Waals surface area contributed by atoms with Crippen molar-refractivity contribution in [2.45, 2.75) is 6.92 Å². The van der Waals surface area contributed by atoms with Gasteiger partial charge in [-0.25, -0.2) is 0 Å². The zero-order valence-corrected chi connectivity index (χ0v) is 5.77. The summed E-state index contributed by atoms with van der Waals surface area (Å²) in [5, 5.41) is 11.2. The molecule has 0 amide bonds. The van der Waals surface area contributed by atoms with Gasteiger partial charge in [0.2, 0.25) is 0 Å². The molecule has 0 bridgehead atoms. The van der Waals surface area contributed by atoms with Crippen LogP contribution in [0.5, 0.6) is 5.75 Å². The lowest BCUT2D eigenvalue weighted by atomic mass is 10.2. The molecule has 0 heterocycles. The van der Waals surface area contributed by atoms with Crippen LogP contribution < -0.4 is 5.11 Å². The first-order valence-corrected chi connectivity index (χ1v) is 3.01. The van der Waals surface area contributed by atoms with E-state index in [-0.39, 0.29) is 5.75 Å². The summed E-state index contributed by atoms with van der Waals surface area (Å²) in [6, 6.07) is 4.58. The molecule has 0 aliphatic rings. The molecule has 0 N–H and O–H groups in total. The average molecular weight is 142 g/mol. The molecule has 9 heavy (non-hydrogen) atoms. The first-order valence-electron chi connectivity index (χ1n) is 2.63. The molecule has 0 radical (unpaired) electrons. The van der Waals surface area contributed by atoms with E-state index in [0.717, 1.165) is 5.56 Å². The van der Waals surface area contributed by atoms with E-state index in [1.165, 1.54) is 12.1 Å². The van der Waals surface area contributed by atoms with Gasteiger partial charge in [0.25, 0.3) is 0 Å². The monoisotopic (exact) mass is 141 g/mol. The Kier molecular flexibility index (Phi) is 1.63. The largest absolute Gasteiger partial charge is 0.872 e. The van der Waals surface area contributed by atoms with Crippen LogP contribution in [0.2, 0.25) is 5.02 Å². The van der Waals surface area contributed by atoms with Gasteiger partial charge < -0.3 is 5.11 Å². The number of rotatable bonds is 0. The molecule has 1 nitrogen and oxygen atoms in total. The Bertz CT molecular complexity index is 220. The lowest BCUT2D eigenvalue weighted by Gasteiger charge is -2.05. The Hall–Kier alpha value is -0.690. The highest BCUT2D eigenvalue weighted by molar-refractivity contribution is 6.31. The zero-order valence-electron chi connectivity index (χ0n) is 5.02. The van der Waals surface area contributed by atoms with Crippen molar-refractivity contribution in [2.75, 3.05) is 0 Å². The third-order valence-corrected chi connectivity index (χ3v) is 1.55. The smallest absolute Gasteiger partial charge is 0.0434 e. The van der Waals surface area contributed by atoms with Crippen LogP contribution in [0.3, 0.4) is 0 Å². The van der Waals surface area contributed by atoms with Crippen molar-refractivity contribution < 1.29 is 5.11 Å². The maximum absolute atomic E-state index is 10.6. The molecule has 1 aromatic rings. The Labute approximate surface area is 58.9 Å². The van der Waals surface area contributed by atoms with Gasteiger partial charge in [-0.15, -0.1) is 5.75 Å². The van der Waals surface area contributed by atoms with Gasteiger partial charge in [-0.1, -0.05) is 23.7 Å². The summed E-state index contributed by atoms with van der Waals surface area (Å²) in [6.45, 7) is 1.81. The van der Waals surface area contributed by atoms with Crippen molar-refractivity contribution in [3.05, 3.63) is 28.8 Å². The van der Waals surface area contributed by atoms with Crippen LogP contribution in [0.1, 0.15) is 5.56 Å². The fraction of sp³-hybridized carbons (Fsp3) is 0.143. The maximum Gasteiger partial charge on any atom is 0.0434 e. The predicted molar refractivity (Wildman–Crippen MR) is 35.6 cm³/mol. The molecule has 0 saturated heterocycles. The Morgan fingerprint density at radius 2 is 2.11 bits per heavy atom. The third-order valence-electron chi connectivity index (χ3n) is 1.13. The number of hydrogen-bond acceptors (Lipinski definition) is 1. The summed E-state index contributed by atoms with van der Waals surface area (Å²) >= 11 is 5.64. The minimum Gasteiger partial charge on any atom is -0.872 e. The van der Waals surface area contributed by atoms with Gasteiger partial charge in [0, 0.05) is 5.02 Å². The molecule has 1 aromatic carbocycles. The highest BCUT2D eigenvalue weighted by Gasteiger charge is 1.88. The van der Waals surface area contributed by atoms with E-state index in [9.17, 15) is 5.11 Å². The Morgan fingerprint density at radius 3 is 2.56 bits per heavy atom. The van der Waals surface area contributed by atoms with Crippen LogP contribution in [-0.2, 0) is 0 Å². The van der Waals surface area contributed by atoms with Gasteiger partial charge in [0.15, 0.2) is 0 Å². The number of benzene rings is 1. The summed E-state index contributed by atoms with van der Waals surface area (Å²) < 4.78 is 0. The fourth-order valence-electron chi connectivity index (χ4n) is 0.617. The second kappa shape index (κ2) is 2.28. The second-order valence-electron chi connectivity index (χ2n) is 1.91. The Balaban J connectivity index is 3.17. The predicted octanol–water partition coefficient (Wildman–Crippen LogP) is 1.72. The van der Waals surface area contributed by atoms with Gasteiger partial charge in [0.1, 0.15) is 0 Å². The molecular weight excluding hydrogens is 136 g/mol. The van der Waals surface area contributed by atoms with E-state index in [4.69, 9.17) is 11.6 Å². The third kappa shape index (κ3) is 1.36. The van der Waals surface area contributed by atoms with Crippen LogP contribution in [0.15, 0.2) is 18.2 Å². The van der Waals surface area contributed by atoms with Crippen LogP contribution in [0, 0.1) is 6.92 Å². The van der Waals surface area contributed by atoms with Gasteiger partial charge in [-0.05, 0) is 18.6 Å². The van der Waals surface area contributed by atoms with Crippen molar-refractivity contribution >= 4 is 11.6 Å². The molecule has 0 aromatic heterocycles. The van der Waals surface area contributed by atoms with Crippen LogP contribution in [-0.4, -0.2) is 0 Å². The summed E-state index contributed by atoms with van der Waals surface area (Å²) in [5.74, 6) is 0.0110. The van der Waals surface area contributed by atoms with E-state index in [2.05, 4.69) is 0 Å². The average Bonchev–Trinajstić information content (AvgIpc) is 1.80. The van der Waals surface area contributed by atoms with E-state index >= 15 is 0 Å². The second-order valence-corrected chi connectivity index (χ2v) is 2.32. The molecular formula is C7H6ClO-. The number of hydrogen-bond donors (Lipinski definition) is 0. The molecule has 0 unspecified atom stereocenters. The highest BCUT2D eigenvalue weighted by atomic mass is 35.5. The molecule has 0 atom stereocenters. The van der Waals surface area contributed by atoms with Crippen molar-refractivity contribution in [2.24, 2.45) is 0 Å². The summed E-state index contributed by atoms with van der Waals surface area (Å²) in [6.07, 6.45) is 0. The lowest BCUT2D eigenvalue weighted by Crippen LogP contribution is -1.88. The van der Waals surface area contributed by atoms with Crippen LogP contribution in [0.4, 0.5) is 0 Å². The molecule has 2 heteroatoms. The van der Waals surface area contributed by atoms with Crippen molar-refractivity contribution in [3.8, 4) is 5.75 Å². The Morgan fingerprint density at radius 1 is 1.44 bits per heavy atom. The lowest BCUT2D eigenvalue weighted by molar-refractivity contribution is -0.268. The van der Waals surface area contributed by atoms with Crippen LogP contribution in [0.25, 0.3) is 0 Å². The first-order chi connectivity index (χ1) is 4.20. The standard InChI is InChI=1S/C7H7ClO/c1-5-4-6(9)2-3-7(5)8/h2-4,9H,1H3/p-1. The summed E-state index contributed by atoms with van der Waals surface area (Å²) in [4.78, 5) is 0. The molecule has 0 fully saturated rings. The summed E-state index contributed by atoms with van der Waals surface area (Å²) in [5.41, 5.74) is 0.837. The van der Waals surface area contributed by atoms with Crippen molar-refractivity contribution in [1.82, 2.24) is 0 Å². The SMILES string of the molecule is Cc1cc([O-])ccc1Cl. The molecule has 0 aliphatic heterocycles. The minimum absolute atomic E-state index is 0.0110. The minimum atomic E-state index is 0.0110. The first kappa shape index (κ1) is 6.43. The van der Waals surface area contributed by atoms with Gasteiger partial charge in [-0.2, -0.15) is 0 Å². The molecule has 0 saturated carbocycles. The van der Waals surface area contributed by atoms with Gasteiger partial charge in [-0.3, -0.25) is 0 Å². The zero-order chi connectivity index (χ0) is 6.85. The van der Waals surface area contributed by atoms with Crippen molar-refractivity contribution in [1.29, 1.82) is 0 Å². The molecule has 48 valence electrons. The highest BCUT2D eigenvalue weighted by Crippen LogP contribution is 2.17. The fourth-order valence-corrected chi connectivity index (χ4v) is 0.735. The quantitative estimate of drug-likeness (QED) is 0.540. The summed E-state index contributed by atoms with van der Waals surface area (Å²) in [7, 11) is 0. The van der Waals surface area contributed by atoms with Crippen LogP contribution >= 0.6 is 11.6 Å². The topological polar surface area (TPSA) is 23.1 Å². The number of aryl methyl sites for hydroxylation is 1. The molecule has 0 spiro atoms. The molecule has 1 rings (SSSR count). The van der Waals surface area contributed by atoms with Gasteiger partial charge in [0.05, 0.1) is 0 Å².